The van der Waals surface area contributed by atoms with Crippen molar-refractivity contribution in [2.24, 2.45) is 5.41 Å². The summed E-state index contributed by atoms with van der Waals surface area (Å²) >= 11 is 0. The highest BCUT2D eigenvalue weighted by Gasteiger charge is 2.42. The molecule has 2 aliphatic rings. The first kappa shape index (κ1) is 19.5. The van der Waals surface area contributed by atoms with Crippen molar-refractivity contribution in [1.29, 1.82) is 0 Å². The van der Waals surface area contributed by atoms with Crippen molar-refractivity contribution in [2.45, 2.75) is 39.0 Å². The Balaban J connectivity index is 1.67. The van der Waals surface area contributed by atoms with E-state index >= 15 is 0 Å². The summed E-state index contributed by atoms with van der Waals surface area (Å²) in [4.78, 5) is 37.3. The van der Waals surface area contributed by atoms with Crippen molar-refractivity contribution in [3.8, 4) is 0 Å². The molecule has 2 fully saturated rings. The zero-order chi connectivity index (χ0) is 19.3. The molecule has 0 aromatic carbocycles. The molecule has 0 bridgehead atoms. The minimum atomic E-state index is -0.0454. The maximum atomic E-state index is 12.9. The number of rotatable bonds is 6. The molecule has 148 valence electrons. The summed E-state index contributed by atoms with van der Waals surface area (Å²) in [6.07, 6.45) is 7.05. The van der Waals surface area contributed by atoms with Gasteiger partial charge in [0.25, 0.3) is 5.91 Å². The minimum Gasteiger partial charge on any atom is -0.396 e. The predicted octanol–water partition coefficient (Wildman–Crippen LogP) is 1.14. The third kappa shape index (κ3) is 4.55. The highest BCUT2D eigenvalue weighted by atomic mass is 16.3. The van der Waals surface area contributed by atoms with E-state index in [0.717, 1.165) is 32.4 Å². The number of nitrogens with zero attached hydrogens (tertiary/aromatic N) is 4. The van der Waals surface area contributed by atoms with Crippen LogP contribution in [0.2, 0.25) is 0 Å². The Labute approximate surface area is 160 Å². The van der Waals surface area contributed by atoms with Crippen LogP contribution < -0.4 is 5.32 Å². The normalized spacial score (nSPS) is 23.0. The minimum absolute atomic E-state index is 0.0398. The van der Waals surface area contributed by atoms with Gasteiger partial charge in [-0.2, -0.15) is 0 Å². The van der Waals surface area contributed by atoms with E-state index in [2.05, 4.69) is 15.3 Å². The number of anilines is 1. The van der Waals surface area contributed by atoms with Crippen molar-refractivity contribution < 1.29 is 14.7 Å². The van der Waals surface area contributed by atoms with Crippen molar-refractivity contribution >= 4 is 17.8 Å². The van der Waals surface area contributed by atoms with Gasteiger partial charge in [-0.15, -0.1) is 0 Å². The maximum Gasteiger partial charge on any atom is 0.257 e. The molecule has 0 saturated carbocycles. The molecule has 0 radical (unpaired) electrons. The average molecular weight is 375 g/mol. The molecule has 1 aromatic heterocycles. The number of nitrogens with one attached hydrogen (secondary N) is 1. The largest absolute Gasteiger partial charge is 0.396 e. The van der Waals surface area contributed by atoms with Gasteiger partial charge < -0.3 is 20.2 Å². The summed E-state index contributed by atoms with van der Waals surface area (Å²) < 4.78 is 0. The average Bonchev–Trinajstić information content (AvgIpc) is 2.69. The van der Waals surface area contributed by atoms with Gasteiger partial charge in [-0.1, -0.05) is 0 Å². The molecule has 8 heteroatoms. The van der Waals surface area contributed by atoms with E-state index in [1.54, 1.807) is 12.4 Å². The van der Waals surface area contributed by atoms with Gasteiger partial charge in [-0.25, -0.2) is 9.97 Å². The number of piperidine rings is 2. The summed E-state index contributed by atoms with van der Waals surface area (Å²) in [5.74, 6) is 0.635. The molecule has 1 atom stereocenters. The van der Waals surface area contributed by atoms with E-state index in [-0.39, 0.29) is 23.8 Å². The fraction of sp³-hybridized carbons (Fsp3) is 0.684. The predicted molar refractivity (Wildman–Crippen MR) is 101 cm³/mol. The molecule has 27 heavy (non-hydrogen) atoms. The number of amides is 2. The van der Waals surface area contributed by atoms with Gasteiger partial charge in [0.2, 0.25) is 11.9 Å². The fourth-order valence-electron chi connectivity index (χ4n) is 4.15. The van der Waals surface area contributed by atoms with Gasteiger partial charge >= 0.3 is 0 Å². The van der Waals surface area contributed by atoms with E-state index in [9.17, 15) is 9.59 Å². The van der Waals surface area contributed by atoms with Gasteiger partial charge in [0, 0.05) is 63.6 Å². The topological polar surface area (TPSA) is 98.7 Å². The second-order valence-electron chi connectivity index (χ2n) is 7.55. The third-order valence-corrected chi connectivity index (χ3v) is 5.52. The standard InChI is InChI=1S/C19H29N5O3/c1-2-20-18-21-11-15(12-22-18)17(27)24-8-3-6-19(14-24)7-5-16(26)23(13-19)9-4-10-25/h11-12,25H,2-10,13-14H2,1H3,(H,20,21,22)/t19-/m0/s1. The first-order chi connectivity index (χ1) is 13.1. The number of aliphatic hydroxyl groups excluding tert-OH is 1. The van der Waals surface area contributed by atoms with Gasteiger partial charge in [-0.3, -0.25) is 9.59 Å². The second kappa shape index (κ2) is 8.65. The number of aliphatic hydroxyl groups is 1. The highest BCUT2D eigenvalue weighted by Crippen LogP contribution is 2.39. The maximum absolute atomic E-state index is 12.9. The highest BCUT2D eigenvalue weighted by molar-refractivity contribution is 5.93. The van der Waals surface area contributed by atoms with Gasteiger partial charge in [0.15, 0.2) is 0 Å². The van der Waals surface area contributed by atoms with Crippen LogP contribution in [-0.2, 0) is 4.79 Å². The number of carbonyl (C=O) groups is 2. The monoisotopic (exact) mass is 375 g/mol. The van der Waals surface area contributed by atoms with Gasteiger partial charge in [0.1, 0.15) is 0 Å². The van der Waals surface area contributed by atoms with Crippen LogP contribution in [0.25, 0.3) is 0 Å². The van der Waals surface area contributed by atoms with Crippen LogP contribution in [0.5, 0.6) is 0 Å². The fourth-order valence-corrected chi connectivity index (χ4v) is 4.15. The molecule has 2 saturated heterocycles. The smallest absolute Gasteiger partial charge is 0.257 e. The molecule has 3 rings (SSSR count). The zero-order valence-corrected chi connectivity index (χ0v) is 16.0. The summed E-state index contributed by atoms with van der Waals surface area (Å²) in [5, 5.41) is 12.1. The van der Waals surface area contributed by atoms with Crippen LogP contribution in [-0.4, -0.2) is 76.0 Å². The molecular weight excluding hydrogens is 346 g/mol. The summed E-state index contributed by atoms with van der Waals surface area (Å²) in [5.41, 5.74) is 0.458. The van der Waals surface area contributed by atoms with E-state index in [1.807, 2.05) is 16.7 Å². The lowest BCUT2D eigenvalue weighted by Gasteiger charge is -2.48. The van der Waals surface area contributed by atoms with E-state index < -0.39 is 0 Å². The number of carbonyl (C=O) groups excluding carboxylic acids is 2. The lowest BCUT2D eigenvalue weighted by atomic mass is 9.73. The van der Waals surface area contributed by atoms with Crippen molar-refractivity contribution in [3.63, 3.8) is 0 Å². The summed E-state index contributed by atoms with van der Waals surface area (Å²) in [7, 11) is 0. The summed E-state index contributed by atoms with van der Waals surface area (Å²) in [6.45, 7) is 5.42. The second-order valence-corrected chi connectivity index (χ2v) is 7.55. The Morgan fingerprint density at radius 2 is 2.07 bits per heavy atom. The van der Waals surface area contributed by atoms with Crippen LogP contribution in [0.15, 0.2) is 12.4 Å². The first-order valence-electron chi connectivity index (χ1n) is 9.81. The number of aromatic nitrogens is 2. The van der Waals surface area contributed by atoms with Crippen molar-refractivity contribution in [3.05, 3.63) is 18.0 Å². The quantitative estimate of drug-likeness (QED) is 0.774. The van der Waals surface area contributed by atoms with Crippen LogP contribution in [0.3, 0.4) is 0 Å². The molecule has 2 aliphatic heterocycles. The molecule has 3 heterocycles. The number of likely N-dealkylation sites (tertiary alicyclic amines) is 2. The van der Waals surface area contributed by atoms with E-state index in [0.29, 0.717) is 44.0 Å². The molecule has 2 amide bonds. The first-order valence-corrected chi connectivity index (χ1v) is 9.81. The molecule has 0 aliphatic carbocycles. The number of hydrogen-bond acceptors (Lipinski definition) is 6. The SMILES string of the molecule is CCNc1ncc(C(=O)N2CCC[C@@]3(CCC(=O)N(CCCO)C3)C2)cn1. The lowest BCUT2D eigenvalue weighted by molar-refractivity contribution is -0.139. The van der Waals surface area contributed by atoms with Gasteiger partial charge in [-0.05, 0) is 32.6 Å². The Hall–Kier alpha value is -2.22. The van der Waals surface area contributed by atoms with Crippen LogP contribution in [0.4, 0.5) is 5.95 Å². The molecule has 0 unspecified atom stereocenters. The van der Waals surface area contributed by atoms with E-state index in [1.165, 1.54) is 0 Å². The van der Waals surface area contributed by atoms with Crippen LogP contribution in [0.1, 0.15) is 49.4 Å². The van der Waals surface area contributed by atoms with Crippen LogP contribution >= 0.6 is 0 Å². The van der Waals surface area contributed by atoms with Gasteiger partial charge in [0.05, 0.1) is 5.56 Å². The lowest BCUT2D eigenvalue weighted by Crippen LogP contribution is -2.55. The molecule has 1 aromatic rings. The molecular formula is C19H29N5O3. The zero-order valence-electron chi connectivity index (χ0n) is 16.0. The Bertz CT molecular complexity index is 666. The van der Waals surface area contributed by atoms with Crippen molar-refractivity contribution in [2.75, 3.05) is 44.6 Å². The number of hydrogen-bond donors (Lipinski definition) is 2. The van der Waals surface area contributed by atoms with Crippen molar-refractivity contribution in [1.82, 2.24) is 19.8 Å². The Morgan fingerprint density at radius 3 is 2.78 bits per heavy atom. The molecule has 8 nitrogen and oxygen atoms in total. The van der Waals surface area contributed by atoms with Crippen LogP contribution in [0, 0.1) is 5.41 Å². The Kier molecular flexibility index (Phi) is 6.26. The summed E-state index contributed by atoms with van der Waals surface area (Å²) in [6, 6.07) is 0. The third-order valence-electron chi connectivity index (χ3n) is 5.52. The Morgan fingerprint density at radius 1 is 1.30 bits per heavy atom. The van der Waals surface area contributed by atoms with E-state index in [4.69, 9.17) is 5.11 Å². The molecule has 2 N–H and O–H groups in total. The molecule has 1 spiro atoms.